The van der Waals surface area contributed by atoms with Gasteiger partial charge in [-0.3, -0.25) is 14.9 Å². The van der Waals surface area contributed by atoms with Crippen LogP contribution in [-0.2, 0) is 22.6 Å². The molecule has 1 heterocycles. The molecular weight excluding hydrogens is 475 g/mol. The van der Waals surface area contributed by atoms with Gasteiger partial charge in [-0.1, -0.05) is 66.5 Å². The second kappa shape index (κ2) is 10.1. The van der Waals surface area contributed by atoms with Crippen molar-refractivity contribution in [2.45, 2.75) is 20.0 Å². The highest BCUT2D eigenvalue weighted by Gasteiger charge is 2.36. The first-order valence-corrected chi connectivity index (χ1v) is 11.3. The Bertz CT molecular complexity index is 1300. The number of hydrogen-bond donors (Lipinski definition) is 1. The molecule has 0 bridgehead atoms. The predicted octanol–water partition coefficient (Wildman–Crippen LogP) is 5.80. The molecule has 0 spiro atoms. The Morgan fingerprint density at radius 1 is 0.971 bits per heavy atom. The largest absolute Gasteiger partial charge is 0.488 e. The van der Waals surface area contributed by atoms with Crippen molar-refractivity contribution in [2.24, 2.45) is 0 Å². The SMILES string of the molecule is CCc1ccc(N2C(=O)NC(=O)/C(=C/c3ccccc3OCc3ccc(Cl)cc3Cl)C2=O)cc1. The minimum atomic E-state index is -0.793. The van der Waals surface area contributed by atoms with Crippen LogP contribution in [0.2, 0.25) is 10.0 Å². The van der Waals surface area contributed by atoms with Crippen molar-refractivity contribution < 1.29 is 19.1 Å². The molecule has 3 aromatic carbocycles. The highest BCUT2D eigenvalue weighted by Crippen LogP contribution is 2.28. The third-order valence-electron chi connectivity index (χ3n) is 5.32. The van der Waals surface area contributed by atoms with Gasteiger partial charge >= 0.3 is 6.03 Å². The van der Waals surface area contributed by atoms with Crippen molar-refractivity contribution in [1.82, 2.24) is 5.32 Å². The smallest absolute Gasteiger partial charge is 0.335 e. The molecule has 1 aliphatic rings. The van der Waals surface area contributed by atoms with E-state index in [0.717, 1.165) is 22.4 Å². The fourth-order valence-electron chi connectivity index (χ4n) is 3.45. The fourth-order valence-corrected chi connectivity index (χ4v) is 3.92. The van der Waals surface area contributed by atoms with Crippen molar-refractivity contribution in [3.63, 3.8) is 0 Å². The summed E-state index contributed by atoms with van der Waals surface area (Å²) < 4.78 is 5.92. The van der Waals surface area contributed by atoms with Gasteiger partial charge in [-0.25, -0.2) is 9.69 Å². The van der Waals surface area contributed by atoms with Gasteiger partial charge in [0.25, 0.3) is 11.8 Å². The third-order valence-corrected chi connectivity index (χ3v) is 5.91. The van der Waals surface area contributed by atoms with Gasteiger partial charge in [0.1, 0.15) is 17.9 Å². The van der Waals surface area contributed by atoms with Gasteiger partial charge in [0.15, 0.2) is 0 Å². The van der Waals surface area contributed by atoms with Crippen LogP contribution in [0.15, 0.2) is 72.3 Å². The van der Waals surface area contributed by atoms with Crippen molar-refractivity contribution in [2.75, 3.05) is 4.90 Å². The van der Waals surface area contributed by atoms with E-state index < -0.39 is 17.8 Å². The number of halogens is 2. The topological polar surface area (TPSA) is 75.7 Å². The van der Waals surface area contributed by atoms with E-state index in [-0.39, 0.29) is 12.2 Å². The van der Waals surface area contributed by atoms with E-state index in [1.54, 1.807) is 54.6 Å². The van der Waals surface area contributed by atoms with Crippen LogP contribution in [0.3, 0.4) is 0 Å². The monoisotopic (exact) mass is 494 g/mol. The number of aryl methyl sites for hydroxylation is 1. The van der Waals surface area contributed by atoms with Crippen LogP contribution in [0.5, 0.6) is 5.75 Å². The molecule has 4 amide bonds. The Balaban J connectivity index is 1.62. The summed E-state index contributed by atoms with van der Waals surface area (Å²) in [6.07, 6.45) is 2.23. The molecule has 0 unspecified atom stereocenters. The number of hydrogen-bond acceptors (Lipinski definition) is 4. The van der Waals surface area contributed by atoms with Gasteiger partial charge in [-0.15, -0.1) is 0 Å². The van der Waals surface area contributed by atoms with E-state index in [0.29, 0.717) is 27.0 Å². The van der Waals surface area contributed by atoms with Gasteiger partial charge in [-0.05, 0) is 48.4 Å². The van der Waals surface area contributed by atoms with Crippen molar-refractivity contribution in [3.8, 4) is 5.75 Å². The Hall–Kier alpha value is -3.61. The quantitative estimate of drug-likeness (QED) is 0.347. The van der Waals surface area contributed by atoms with Gasteiger partial charge in [0, 0.05) is 21.2 Å². The van der Waals surface area contributed by atoms with Crippen LogP contribution in [0.4, 0.5) is 10.5 Å². The summed E-state index contributed by atoms with van der Waals surface area (Å²) >= 11 is 12.2. The molecule has 0 atom stereocenters. The van der Waals surface area contributed by atoms with Crippen LogP contribution in [0, 0.1) is 0 Å². The number of nitrogens with one attached hydrogen (secondary N) is 1. The molecule has 3 aromatic rings. The number of amides is 4. The summed E-state index contributed by atoms with van der Waals surface area (Å²) in [6, 6.07) is 18.3. The summed E-state index contributed by atoms with van der Waals surface area (Å²) in [6.45, 7) is 2.17. The molecule has 1 saturated heterocycles. The molecule has 6 nitrogen and oxygen atoms in total. The molecule has 1 aliphatic heterocycles. The normalized spacial score (nSPS) is 15.0. The fraction of sp³-hybridized carbons (Fsp3) is 0.115. The maximum absolute atomic E-state index is 13.2. The number of anilines is 1. The zero-order valence-corrected chi connectivity index (χ0v) is 19.7. The summed E-state index contributed by atoms with van der Waals surface area (Å²) in [5.41, 5.74) is 2.49. The van der Waals surface area contributed by atoms with E-state index in [2.05, 4.69) is 5.32 Å². The highest BCUT2D eigenvalue weighted by molar-refractivity contribution is 6.39. The minimum absolute atomic E-state index is 0.157. The third kappa shape index (κ3) is 4.98. The van der Waals surface area contributed by atoms with Crippen LogP contribution in [0.1, 0.15) is 23.6 Å². The van der Waals surface area contributed by atoms with Crippen LogP contribution in [-0.4, -0.2) is 17.8 Å². The number of ether oxygens (including phenoxy) is 1. The summed E-state index contributed by atoms with van der Waals surface area (Å²) in [7, 11) is 0. The highest BCUT2D eigenvalue weighted by atomic mass is 35.5. The average Bonchev–Trinajstić information content (AvgIpc) is 2.82. The molecule has 34 heavy (non-hydrogen) atoms. The molecule has 0 aromatic heterocycles. The number of carbonyl (C=O) groups is 3. The second-order valence-corrected chi connectivity index (χ2v) is 8.38. The minimum Gasteiger partial charge on any atom is -0.488 e. The molecule has 1 fully saturated rings. The lowest BCUT2D eigenvalue weighted by Crippen LogP contribution is -2.54. The van der Waals surface area contributed by atoms with Crippen molar-refractivity contribution in [1.29, 1.82) is 0 Å². The van der Waals surface area contributed by atoms with Crippen LogP contribution < -0.4 is 15.0 Å². The Morgan fingerprint density at radius 2 is 1.71 bits per heavy atom. The summed E-state index contributed by atoms with van der Waals surface area (Å²) in [5, 5.41) is 3.22. The van der Waals surface area contributed by atoms with E-state index in [1.165, 1.54) is 6.08 Å². The van der Waals surface area contributed by atoms with Gasteiger partial charge in [-0.2, -0.15) is 0 Å². The lowest BCUT2D eigenvalue weighted by molar-refractivity contribution is -0.122. The molecule has 0 aliphatic carbocycles. The first-order valence-electron chi connectivity index (χ1n) is 10.5. The Kier molecular flexibility index (Phi) is 7.01. The average molecular weight is 495 g/mol. The first kappa shape index (κ1) is 23.5. The zero-order chi connectivity index (χ0) is 24.2. The maximum Gasteiger partial charge on any atom is 0.335 e. The van der Waals surface area contributed by atoms with Crippen LogP contribution in [0.25, 0.3) is 6.08 Å². The van der Waals surface area contributed by atoms with E-state index in [9.17, 15) is 14.4 Å². The Morgan fingerprint density at radius 3 is 2.41 bits per heavy atom. The standard InChI is InChI=1S/C26H20Cl2N2O4/c1-2-16-7-11-20(12-8-16)30-25(32)21(24(31)29-26(30)33)13-17-5-3-4-6-23(17)34-15-18-9-10-19(27)14-22(18)28/h3-14H,2,15H2,1H3,(H,29,31,33)/b21-13-. The lowest BCUT2D eigenvalue weighted by Gasteiger charge is -2.26. The first-order chi connectivity index (χ1) is 16.4. The zero-order valence-electron chi connectivity index (χ0n) is 18.2. The Labute approximate surface area is 206 Å². The van der Waals surface area contributed by atoms with Crippen LogP contribution >= 0.6 is 23.2 Å². The van der Waals surface area contributed by atoms with E-state index in [1.807, 2.05) is 19.1 Å². The second-order valence-electron chi connectivity index (χ2n) is 7.54. The molecular formula is C26H20Cl2N2O4. The number of imide groups is 2. The molecule has 0 saturated carbocycles. The van der Waals surface area contributed by atoms with E-state index >= 15 is 0 Å². The summed E-state index contributed by atoms with van der Waals surface area (Å²) in [4.78, 5) is 39.1. The maximum atomic E-state index is 13.2. The number of rotatable bonds is 6. The van der Waals surface area contributed by atoms with Crippen molar-refractivity contribution >= 4 is 52.8 Å². The lowest BCUT2D eigenvalue weighted by atomic mass is 10.1. The number of urea groups is 1. The molecule has 4 rings (SSSR count). The number of para-hydroxylation sites is 1. The van der Waals surface area contributed by atoms with Crippen molar-refractivity contribution in [3.05, 3.63) is 99.0 Å². The summed E-state index contributed by atoms with van der Waals surface area (Å²) in [5.74, 6) is -1.04. The van der Waals surface area contributed by atoms with Gasteiger partial charge < -0.3 is 4.74 Å². The van der Waals surface area contributed by atoms with Gasteiger partial charge in [0.05, 0.1) is 5.69 Å². The number of carbonyl (C=O) groups excluding carboxylic acids is 3. The number of benzene rings is 3. The predicted molar refractivity (Wildman–Crippen MR) is 132 cm³/mol. The molecule has 1 N–H and O–H groups in total. The van der Waals surface area contributed by atoms with Gasteiger partial charge in [0.2, 0.25) is 0 Å². The number of barbiturate groups is 1. The van der Waals surface area contributed by atoms with E-state index in [4.69, 9.17) is 27.9 Å². The molecule has 8 heteroatoms. The molecule has 172 valence electrons. The molecule has 0 radical (unpaired) electrons. The number of nitrogens with zero attached hydrogens (tertiary/aromatic N) is 1.